The van der Waals surface area contributed by atoms with Crippen LogP contribution in [0, 0.1) is 5.82 Å². The number of nitrogens with one attached hydrogen (secondary N) is 1. The summed E-state index contributed by atoms with van der Waals surface area (Å²) >= 11 is 0. The van der Waals surface area contributed by atoms with E-state index in [2.05, 4.69) is 20.1 Å². The highest BCUT2D eigenvalue weighted by molar-refractivity contribution is 5.82. The maximum atomic E-state index is 14.8. The molecule has 0 aliphatic heterocycles. The van der Waals surface area contributed by atoms with Gasteiger partial charge in [0, 0.05) is 18.8 Å². The lowest BCUT2D eigenvalue weighted by molar-refractivity contribution is -0.140. The minimum Gasteiger partial charge on any atom is -0.488 e. The summed E-state index contributed by atoms with van der Waals surface area (Å²) in [6, 6.07) is 1.81. The van der Waals surface area contributed by atoms with Crippen molar-refractivity contribution in [2.24, 2.45) is 0 Å². The minimum absolute atomic E-state index is 0.0743. The highest BCUT2D eigenvalue weighted by Gasteiger charge is 2.38. The van der Waals surface area contributed by atoms with Gasteiger partial charge in [-0.05, 0) is 19.1 Å². The summed E-state index contributed by atoms with van der Waals surface area (Å²) in [6.45, 7) is 0.621. The van der Waals surface area contributed by atoms with Crippen LogP contribution in [0.2, 0.25) is 0 Å². The van der Waals surface area contributed by atoms with E-state index in [1.54, 1.807) is 5.10 Å². The molecule has 40 heavy (non-hydrogen) atoms. The average Bonchev–Trinajstić information content (AvgIpc) is 2.84. The van der Waals surface area contributed by atoms with Crippen molar-refractivity contribution in [3.63, 3.8) is 0 Å². The van der Waals surface area contributed by atoms with Gasteiger partial charge in [-0.15, -0.1) is 0 Å². The van der Waals surface area contributed by atoms with Crippen LogP contribution in [0.1, 0.15) is 24.5 Å². The topological polar surface area (TPSA) is 116 Å². The second kappa shape index (κ2) is 10.6. The number of hydrogen-bond donors (Lipinski definition) is 1. The molecule has 17 heteroatoms. The highest BCUT2D eigenvalue weighted by atomic mass is 19.4. The largest absolute Gasteiger partial charge is 0.488 e. The smallest absolute Gasteiger partial charge is 0.425 e. The molecule has 0 aliphatic carbocycles. The van der Waals surface area contributed by atoms with Crippen molar-refractivity contribution in [3.05, 3.63) is 74.7 Å². The molecule has 0 amide bonds. The summed E-state index contributed by atoms with van der Waals surface area (Å²) < 4.78 is 113. The lowest BCUT2D eigenvalue weighted by Crippen LogP contribution is -2.29. The van der Waals surface area contributed by atoms with Crippen molar-refractivity contribution in [2.75, 3.05) is 0 Å². The number of hydrogen-bond acceptors (Lipinski definition) is 7. The number of aromatic nitrogens is 6. The molecule has 4 aromatic rings. The van der Waals surface area contributed by atoms with Gasteiger partial charge in [0.2, 0.25) is 0 Å². The van der Waals surface area contributed by atoms with Crippen molar-refractivity contribution in [1.82, 2.24) is 29.7 Å². The van der Waals surface area contributed by atoms with Gasteiger partial charge < -0.3 is 4.74 Å². The number of nitrogens with zero attached hydrogens (tertiary/aromatic N) is 5. The molecule has 212 valence electrons. The van der Waals surface area contributed by atoms with E-state index < -0.39 is 71.4 Å². The second-order valence-corrected chi connectivity index (χ2v) is 8.54. The molecule has 3 heterocycles. The summed E-state index contributed by atoms with van der Waals surface area (Å²) in [5.74, 6) is -2.33. The molecule has 0 spiro atoms. The van der Waals surface area contributed by atoms with Crippen LogP contribution in [0.15, 0.2) is 46.6 Å². The molecule has 4 rings (SSSR count). The Labute approximate surface area is 217 Å². The number of benzene rings is 1. The standard InChI is InChI=1S/C23H16F8N6O3/c1-10(40-17-7-35-36-20(38)18(17)23(29,30)31)2-12(24)8-37-9-34-16-4-13(15(25)3-14(16)21(37)39)19-32-5-11(6-33-19)22(26,27)28/h3-7,9-10,12H,2,8H2,1H3,(H,36,38)/t10-,12-/m0/s1. The zero-order valence-corrected chi connectivity index (χ0v) is 20.0. The van der Waals surface area contributed by atoms with Gasteiger partial charge in [-0.3, -0.25) is 14.2 Å². The van der Waals surface area contributed by atoms with Gasteiger partial charge in [0.1, 0.15) is 12.0 Å². The second-order valence-electron chi connectivity index (χ2n) is 8.54. The third-order valence-corrected chi connectivity index (χ3v) is 5.55. The van der Waals surface area contributed by atoms with Crippen LogP contribution in [0.4, 0.5) is 35.1 Å². The summed E-state index contributed by atoms with van der Waals surface area (Å²) in [6.07, 6.45) is -10.8. The number of fused-ring (bicyclic) bond motifs is 1. The van der Waals surface area contributed by atoms with E-state index in [9.17, 15) is 44.7 Å². The van der Waals surface area contributed by atoms with Gasteiger partial charge in [0.15, 0.2) is 17.1 Å². The van der Waals surface area contributed by atoms with Crippen LogP contribution in [0.5, 0.6) is 5.75 Å². The monoisotopic (exact) mass is 576 g/mol. The van der Waals surface area contributed by atoms with Crippen molar-refractivity contribution >= 4 is 10.9 Å². The Morgan fingerprint density at radius 1 is 1.00 bits per heavy atom. The Hall–Kier alpha value is -4.44. The van der Waals surface area contributed by atoms with Crippen LogP contribution >= 0.6 is 0 Å². The zero-order chi connectivity index (χ0) is 29.4. The van der Waals surface area contributed by atoms with Crippen molar-refractivity contribution in [1.29, 1.82) is 0 Å². The van der Waals surface area contributed by atoms with Crippen LogP contribution in [0.3, 0.4) is 0 Å². The molecular weight excluding hydrogens is 560 g/mol. The number of ether oxygens (including phenoxy) is 1. The van der Waals surface area contributed by atoms with E-state index in [0.29, 0.717) is 18.6 Å². The third kappa shape index (κ3) is 6.07. The number of halogens is 8. The SMILES string of the molecule is C[C@@H](C[C@H](F)Cn1cnc2cc(-c3ncc(C(F)(F)F)cn3)c(F)cc2c1=O)Oc1cn[nH]c(=O)c1C(F)(F)F. The van der Waals surface area contributed by atoms with Crippen molar-refractivity contribution in [3.8, 4) is 17.1 Å². The fourth-order valence-corrected chi connectivity index (χ4v) is 3.75. The maximum absolute atomic E-state index is 14.8. The number of H-pyrrole nitrogens is 1. The van der Waals surface area contributed by atoms with Crippen LogP contribution in [0.25, 0.3) is 22.3 Å². The average molecular weight is 576 g/mol. The van der Waals surface area contributed by atoms with Crippen molar-refractivity contribution < 1.29 is 39.9 Å². The Kier molecular flexibility index (Phi) is 7.58. The minimum atomic E-state index is -5.06. The Morgan fingerprint density at radius 3 is 2.30 bits per heavy atom. The number of alkyl halides is 7. The summed E-state index contributed by atoms with van der Waals surface area (Å²) in [5.41, 5.74) is -5.58. The molecule has 3 aromatic heterocycles. The molecular formula is C23H16F8N6O3. The van der Waals surface area contributed by atoms with E-state index in [-0.39, 0.29) is 22.3 Å². The first kappa shape index (κ1) is 28.6. The molecule has 1 N–H and O–H groups in total. The van der Waals surface area contributed by atoms with Crippen LogP contribution < -0.4 is 15.9 Å². The van der Waals surface area contributed by atoms with E-state index in [4.69, 9.17) is 4.74 Å². The zero-order valence-electron chi connectivity index (χ0n) is 20.0. The van der Waals surface area contributed by atoms with E-state index in [1.165, 1.54) is 6.92 Å². The number of aromatic amines is 1. The fraction of sp³-hybridized carbons (Fsp3) is 0.304. The molecule has 0 bridgehead atoms. The lowest BCUT2D eigenvalue weighted by atomic mass is 10.1. The fourth-order valence-electron chi connectivity index (χ4n) is 3.75. The van der Waals surface area contributed by atoms with Gasteiger partial charge in [-0.25, -0.2) is 28.8 Å². The predicted octanol–water partition coefficient (Wildman–Crippen LogP) is 4.31. The Balaban J connectivity index is 1.51. The van der Waals surface area contributed by atoms with Crippen LogP contribution in [-0.4, -0.2) is 42.0 Å². The summed E-state index contributed by atoms with van der Waals surface area (Å²) in [5, 5.41) is 4.61. The van der Waals surface area contributed by atoms with Gasteiger partial charge in [0.05, 0.1) is 47.2 Å². The first-order valence-corrected chi connectivity index (χ1v) is 11.2. The number of rotatable bonds is 7. The molecule has 0 aliphatic rings. The summed E-state index contributed by atoms with van der Waals surface area (Å²) in [4.78, 5) is 35.4. The molecule has 0 fully saturated rings. The first-order valence-electron chi connectivity index (χ1n) is 11.2. The van der Waals surface area contributed by atoms with E-state index in [0.717, 1.165) is 23.0 Å². The van der Waals surface area contributed by atoms with Gasteiger partial charge >= 0.3 is 12.4 Å². The van der Waals surface area contributed by atoms with Gasteiger partial charge in [-0.2, -0.15) is 31.4 Å². The Morgan fingerprint density at radius 2 is 1.68 bits per heavy atom. The molecule has 9 nitrogen and oxygen atoms in total. The predicted molar refractivity (Wildman–Crippen MR) is 121 cm³/mol. The normalized spacial score (nSPS) is 13.8. The summed E-state index contributed by atoms with van der Waals surface area (Å²) in [7, 11) is 0. The Bertz CT molecular complexity index is 1650. The molecule has 0 saturated carbocycles. The molecule has 0 unspecified atom stereocenters. The van der Waals surface area contributed by atoms with Crippen molar-refractivity contribution in [2.45, 2.75) is 44.5 Å². The van der Waals surface area contributed by atoms with Gasteiger partial charge in [0.25, 0.3) is 11.1 Å². The van der Waals surface area contributed by atoms with E-state index >= 15 is 0 Å². The maximum Gasteiger partial charge on any atom is 0.425 e. The van der Waals surface area contributed by atoms with Crippen LogP contribution in [-0.2, 0) is 18.9 Å². The molecule has 0 saturated heterocycles. The lowest BCUT2D eigenvalue weighted by Gasteiger charge is -2.19. The molecule has 0 radical (unpaired) electrons. The molecule has 2 atom stereocenters. The quantitative estimate of drug-likeness (QED) is 0.326. The first-order chi connectivity index (χ1) is 18.6. The molecule has 1 aromatic carbocycles. The third-order valence-electron chi connectivity index (χ3n) is 5.55. The highest BCUT2D eigenvalue weighted by Crippen LogP contribution is 2.33. The van der Waals surface area contributed by atoms with E-state index in [1.807, 2.05) is 0 Å². The van der Waals surface area contributed by atoms with Gasteiger partial charge in [-0.1, -0.05) is 0 Å².